The fourth-order valence-electron chi connectivity index (χ4n) is 2.52. The molecule has 0 saturated heterocycles. The molecule has 0 saturated carbocycles. The molecule has 0 unspecified atom stereocenters. The summed E-state index contributed by atoms with van der Waals surface area (Å²) in [7, 11) is -3.73. The first kappa shape index (κ1) is 17.2. The normalized spacial score (nSPS) is 11.6. The molecule has 7 heteroatoms. The van der Waals surface area contributed by atoms with E-state index in [4.69, 9.17) is 0 Å². The van der Waals surface area contributed by atoms with Crippen molar-refractivity contribution < 1.29 is 8.42 Å². The average molecular weight is 357 g/mol. The summed E-state index contributed by atoms with van der Waals surface area (Å²) in [5.74, 6) is 0. The number of nitrogens with one attached hydrogen (secondary N) is 2. The Bertz CT molecular complexity index is 1040. The molecule has 3 rings (SSSR count). The number of H-pyrrole nitrogens is 1. The SMILES string of the molecule is CCCCc1ccc(NS(=O)(=O)c2ccc3[nH]c(=O)cnc3c2)cc1. The van der Waals surface area contributed by atoms with Crippen LogP contribution in [0.15, 0.2) is 58.4 Å². The average Bonchev–Trinajstić information content (AvgIpc) is 2.60. The van der Waals surface area contributed by atoms with Crippen LogP contribution in [0, 0.1) is 0 Å². The summed E-state index contributed by atoms with van der Waals surface area (Å²) in [6.07, 6.45) is 4.34. The third-order valence-corrected chi connectivity index (χ3v) is 5.26. The summed E-state index contributed by atoms with van der Waals surface area (Å²) in [5, 5.41) is 0. The van der Waals surface area contributed by atoms with Crippen molar-refractivity contribution in [3.8, 4) is 0 Å². The van der Waals surface area contributed by atoms with E-state index >= 15 is 0 Å². The topological polar surface area (TPSA) is 91.9 Å². The third kappa shape index (κ3) is 4.06. The van der Waals surface area contributed by atoms with Crippen LogP contribution in [-0.4, -0.2) is 18.4 Å². The van der Waals surface area contributed by atoms with Crippen molar-refractivity contribution in [3.63, 3.8) is 0 Å². The highest BCUT2D eigenvalue weighted by Crippen LogP contribution is 2.19. The molecule has 0 radical (unpaired) electrons. The standard InChI is InChI=1S/C18H19N3O3S/c1-2-3-4-13-5-7-14(8-6-13)21-25(23,24)15-9-10-16-17(11-15)19-12-18(22)20-16/h5-12,21H,2-4H2,1H3,(H,20,22). The van der Waals surface area contributed by atoms with E-state index in [1.807, 2.05) is 12.1 Å². The summed E-state index contributed by atoms with van der Waals surface area (Å²) < 4.78 is 27.7. The Morgan fingerprint density at radius 2 is 1.88 bits per heavy atom. The third-order valence-electron chi connectivity index (χ3n) is 3.88. The Balaban J connectivity index is 1.84. The van der Waals surface area contributed by atoms with Crippen LogP contribution in [0.3, 0.4) is 0 Å². The maximum atomic E-state index is 12.6. The molecule has 130 valence electrons. The van der Waals surface area contributed by atoms with Crippen molar-refractivity contribution in [2.75, 3.05) is 4.72 Å². The van der Waals surface area contributed by atoms with Gasteiger partial charge in [0.1, 0.15) is 0 Å². The van der Waals surface area contributed by atoms with E-state index in [0.717, 1.165) is 25.5 Å². The van der Waals surface area contributed by atoms with Crippen LogP contribution in [-0.2, 0) is 16.4 Å². The van der Waals surface area contributed by atoms with Crippen molar-refractivity contribution in [2.24, 2.45) is 0 Å². The number of nitrogens with zero attached hydrogens (tertiary/aromatic N) is 1. The highest BCUT2D eigenvalue weighted by molar-refractivity contribution is 7.92. The van der Waals surface area contributed by atoms with E-state index in [9.17, 15) is 13.2 Å². The molecule has 2 aromatic carbocycles. The monoisotopic (exact) mass is 357 g/mol. The first-order valence-corrected chi connectivity index (χ1v) is 9.57. The minimum atomic E-state index is -3.73. The Morgan fingerprint density at radius 1 is 1.12 bits per heavy atom. The molecule has 25 heavy (non-hydrogen) atoms. The van der Waals surface area contributed by atoms with Crippen LogP contribution in [0.2, 0.25) is 0 Å². The summed E-state index contributed by atoms with van der Waals surface area (Å²) in [6.45, 7) is 2.14. The van der Waals surface area contributed by atoms with Gasteiger partial charge in [-0.1, -0.05) is 25.5 Å². The van der Waals surface area contributed by atoms with Gasteiger partial charge in [0.25, 0.3) is 15.6 Å². The molecule has 1 heterocycles. The molecule has 0 amide bonds. The van der Waals surface area contributed by atoms with E-state index in [0.29, 0.717) is 16.7 Å². The summed E-state index contributed by atoms with van der Waals surface area (Å²) in [6, 6.07) is 11.8. The van der Waals surface area contributed by atoms with E-state index in [1.54, 1.807) is 12.1 Å². The van der Waals surface area contributed by atoms with E-state index in [1.165, 1.54) is 23.8 Å². The van der Waals surface area contributed by atoms with Crippen LogP contribution in [0.25, 0.3) is 11.0 Å². The Labute approximate surface area is 146 Å². The van der Waals surface area contributed by atoms with Gasteiger partial charge in [-0.05, 0) is 48.7 Å². The lowest BCUT2D eigenvalue weighted by molar-refractivity contribution is 0.601. The van der Waals surface area contributed by atoms with Gasteiger partial charge < -0.3 is 4.98 Å². The maximum Gasteiger partial charge on any atom is 0.266 e. The number of sulfonamides is 1. The number of anilines is 1. The molecule has 0 atom stereocenters. The number of aryl methyl sites for hydroxylation is 1. The van der Waals surface area contributed by atoms with Gasteiger partial charge in [0, 0.05) is 5.69 Å². The van der Waals surface area contributed by atoms with Crippen LogP contribution in [0.1, 0.15) is 25.3 Å². The van der Waals surface area contributed by atoms with Gasteiger partial charge in [-0.3, -0.25) is 9.52 Å². The second kappa shape index (κ2) is 7.06. The van der Waals surface area contributed by atoms with Gasteiger partial charge >= 0.3 is 0 Å². The molecule has 0 fully saturated rings. The number of aromatic amines is 1. The molecule has 0 spiro atoms. The summed E-state index contributed by atoms with van der Waals surface area (Å²) >= 11 is 0. The lowest BCUT2D eigenvalue weighted by Crippen LogP contribution is -2.13. The van der Waals surface area contributed by atoms with Gasteiger partial charge in [-0.2, -0.15) is 0 Å². The zero-order valence-electron chi connectivity index (χ0n) is 13.8. The van der Waals surface area contributed by atoms with E-state index in [-0.39, 0.29) is 10.5 Å². The first-order chi connectivity index (χ1) is 12.0. The van der Waals surface area contributed by atoms with Gasteiger partial charge in [-0.25, -0.2) is 13.4 Å². The number of rotatable bonds is 6. The predicted molar refractivity (Wildman–Crippen MR) is 98.2 cm³/mol. The number of hydrogen-bond acceptors (Lipinski definition) is 4. The second-order valence-corrected chi connectivity index (χ2v) is 7.51. The fourth-order valence-corrected chi connectivity index (χ4v) is 3.60. The molecule has 0 bridgehead atoms. The highest BCUT2D eigenvalue weighted by Gasteiger charge is 2.15. The fraction of sp³-hybridized carbons (Fsp3) is 0.222. The summed E-state index contributed by atoms with van der Waals surface area (Å²) in [5.41, 5.74) is 2.27. The van der Waals surface area contributed by atoms with Crippen molar-refractivity contribution >= 4 is 26.7 Å². The molecule has 0 aliphatic carbocycles. The van der Waals surface area contributed by atoms with Gasteiger partial charge in [0.2, 0.25) is 0 Å². The molecular weight excluding hydrogens is 338 g/mol. The van der Waals surface area contributed by atoms with Crippen LogP contribution < -0.4 is 10.3 Å². The Hall–Kier alpha value is -2.67. The minimum Gasteiger partial charge on any atom is -0.319 e. The first-order valence-electron chi connectivity index (χ1n) is 8.09. The van der Waals surface area contributed by atoms with E-state index in [2.05, 4.69) is 21.6 Å². The zero-order chi connectivity index (χ0) is 17.9. The molecule has 0 aliphatic rings. The predicted octanol–water partition coefficient (Wildman–Crippen LogP) is 3.07. The number of aromatic nitrogens is 2. The number of benzene rings is 2. The molecule has 2 N–H and O–H groups in total. The zero-order valence-corrected chi connectivity index (χ0v) is 14.6. The van der Waals surface area contributed by atoms with Crippen LogP contribution >= 0.6 is 0 Å². The molecule has 1 aromatic heterocycles. The largest absolute Gasteiger partial charge is 0.319 e. The Kier molecular flexibility index (Phi) is 4.85. The van der Waals surface area contributed by atoms with Crippen molar-refractivity contribution in [3.05, 3.63) is 64.6 Å². The lowest BCUT2D eigenvalue weighted by Gasteiger charge is -2.09. The molecule has 3 aromatic rings. The molecule has 0 aliphatic heterocycles. The highest BCUT2D eigenvalue weighted by atomic mass is 32.2. The number of unbranched alkanes of at least 4 members (excludes halogenated alkanes) is 1. The summed E-state index contributed by atoms with van der Waals surface area (Å²) in [4.78, 5) is 17.9. The maximum absolute atomic E-state index is 12.6. The van der Waals surface area contributed by atoms with Crippen LogP contribution in [0.5, 0.6) is 0 Å². The van der Waals surface area contributed by atoms with Gasteiger partial charge in [0.15, 0.2) is 0 Å². The quantitative estimate of drug-likeness (QED) is 0.709. The van der Waals surface area contributed by atoms with Crippen molar-refractivity contribution in [1.82, 2.24) is 9.97 Å². The number of hydrogen-bond donors (Lipinski definition) is 2. The minimum absolute atomic E-state index is 0.0922. The molecular formula is C18H19N3O3S. The smallest absolute Gasteiger partial charge is 0.266 e. The second-order valence-electron chi connectivity index (χ2n) is 5.83. The Morgan fingerprint density at radius 3 is 2.60 bits per heavy atom. The van der Waals surface area contributed by atoms with E-state index < -0.39 is 10.0 Å². The van der Waals surface area contributed by atoms with Gasteiger partial charge in [0.05, 0.1) is 22.1 Å². The lowest BCUT2D eigenvalue weighted by atomic mass is 10.1. The van der Waals surface area contributed by atoms with Crippen molar-refractivity contribution in [2.45, 2.75) is 31.1 Å². The van der Waals surface area contributed by atoms with Crippen molar-refractivity contribution in [1.29, 1.82) is 0 Å². The van der Waals surface area contributed by atoms with Crippen LogP contribution in [0.4, 0.5) is 5.69 Å². The van der Waals surface area contributed by atoms with Gasteiger partial charge in [-0.15, -0.1) is 0 Å². The number of fused-ring (bicyclic) bond motifs is 1. The molecule has 6 nitrogen and oxygen atoms in total.